The first-order valence-electron chi connectivity index (χ1n) is 6.70. The molecule has 1 saturated carbocycles. The maximum Gasteiger partial charge on any atom is 0.292 e. The number of benzene rings is 1. The molecule has 0 spiro atoms. The molecule has 0 amide bonds. The van der Waals surface area contributed by atoms with Gasteiger partial charge in [0.2, 0.25) is 0 Å². The van der Waals surface area contributed by atoms with E-state index in [1.165, 1.54) is 18.2 Å². The second-order valence-corrected chi connectivity index (χ2v) is 5.16. The van der Waals surface area contributed by atoms with Crippen molar-refractivity contribution in [2.75, 3.05) is 11.9 Å². The van der Waals surface area contributed by atoms with Crippen LogP contribution in [0.4, 0.5) is 11.4 Å². The lowest BCUT2D eigenvalue weighted by Crippen LogP contribution is -2.23. The first-order chi connectivity index (χ1) is 9.60. The van der Waals surface area contributed by atoms with Gasteiger partial charge in [0.05, 0.1) is 22.7 Å². The van der Waals surface area contributed by atoms with Crippen molar-refractivity contribution in [2.24, 2.45) is 5.92 Å². The van der Waals surface area contributed by atoms with E-state index in [9.17, 15) is 15.2 Å². The van der Waals surface area contributed by atoms with Gasteiger partial charge in [0, 0.05) is 12.6 Å². The zero-order valence-electron chi connectivity index (χ0n) is 11.1. The molecule has 0 saturated heterocycles. The van der Waals surface area contributed by atoms with Crippen LogP contribution >= 0.6 is 0 Å². The number of hydrogen-bond donors (Lipinski definition) is 2. The summed E-state index contributed by atoms with van der Waals surface area (Å²) in [5, 5.41) is 32.4. The molecule has 0 radical (unpaired) electrons. The largest absolute Gasteiger partial charge is 0.393 e. The third-order valence-electron chi connectivity index (χ3n) is 3.72. The van der Waals surface area contributed by atoms with Gasteiger partial charge in [-0.25, -0.2) is 0 Å². The van der Waals surface area contributed by atoms with Crippen molar-refractivity contribution in [2.45, 2.75) is 31.8 Å². The van der Waals surface area contributed by atoms with Crippen LogP contribution < -0.4 is 5.32 Å². The molecular formula is C14H17N3O3. The van der Waals surface area contributed by atoms with E-state index >= 15 is 0 Å². The van der Waals surface area contributed by atoms with E-state index in [2.05, 4.69) is 5.32 Å². The SMILES string of the molecule is N#Cc1ccc([N+](=O)[O-])c(NCC2CCC(O)CC2)c1. The number of nitriles is 1. The van der Waals surface area contributed by atoms with Gasteiger partial charge < -0.3 is 10.4 Å². The minimum Gasteiger partial charge on any atom is -0.393 e. The Balaban J connectivity index is 2.04. The second-order valence-electron chi connectivity index (χ2n) is 5.16. The van der Waals surface area contributed by atoms with Crippen molar-refractivity contribution in [3.63, 3.8) is 0 Å². The van der Waals surface area contributed by atoms with Crippen molar-refractivity contribution in [1.29, 1.82) is 5.26 Å². The molecule has 6 heteroatoms. The van der Waals surface area contributed by atoms with Gasteiger partial charge in [0.15, 0.2) is 0 Å². The van der Waals surface area contributed by atoms with Crippen LogP contribution in [0, 0.1) is 27.4 Å². The van der Waals surface area contributed by atoms with Crippen LogP contribution in [0.3, 0.4) is 0 Å². The zero-order valence-corrected chi connectivity index (χ0v) is 11.1. The van der Waals surface area contributed by atoms with Gasteiger partial charge in [0.1, 0.15) is 5.69 Å². The summed E-state index contributed by atoms with van der Waals surface area (Å²) in [6, 6.07) is 6.29. The van der Waals surface area contributed by atoms with Crippen molar-refractivity contribution in [1.82, 2.24) is 0 Å². The molecule has 2 N–H and O–H groups in total. The molecule has 0 unspecified atom stereocenters. The molecule has 0 aliphatic heterocycles. The van der Waals surface area contributed by atoms with E-state index in [0.717, 1.165) is 25.7 Å². The number of hydrogen-bond acceptors (Lipinski definition) is 5. The molecular weight excluding hydrogens is 258 g/mol. The highest BCUT2D eigenvalue weighted by molar-refractivity contribution is 5.64. The van der Waals surface area contributed by atoms with Crippen LogP contribution in [-0.4, -0.2) is 22.7 Å². The van der Waals surface area contributed by atoms with Crippen LogP contribution in [0.15, 0.2) is 18.2 Å². The van der Waals surface area contributed by atoms with E-state index < -0.39 is 4.92 Å². The first kappa shape index (κ1) is 14.3. The number of rotatable bonds is 4. The number of aliphatic hydroxyl groups is 1. The summed E-state index contributed by atoms with van der Waals surface area (Å²) in [4.78, 5) is 10.5. The average Bonchev–Trinajstić information content (AvgIpc) is 2.46. The second kappa shape index (κ2) is 6.35. The minimum absolute atomic E-state index is 0.0140. The normalized spacial score (nSPS) is 22.0. The summed E-state index contributed by atoms with van der Waals surface area (Å²) in [5.41, 5.74) is 0.775. The van der Waals surface area contributed by atoms with Crippen molar-refractivity contribution < 1.29 is 10.0 Å². The van der Waals surface area contributed by atoms with Gasteiger partial charge >= 0.3 is 0 Å². The van der Waals surface area contributed by atoms with E-state index in [1.54, 1.807) is 0 Å². The van der Waals surface area contributed by atoms with Crippen LogP contribution in [0.25, 0.3) is 0 Å². The Morgan fingerprint density at radius 2 is 2.10 bits per heavy atom. The van der Waals surface area contributed by atoms with E-state index in [0.29, 0.717) is 23.7 Å². The fourth-order valence-electron chi connectivity index (χ4n) is 2.51. The summed E-state index contributed by atoms with van der Waals surface area (Å²) < 4.78 is 0. The number of aliphatic hydroxyl groups excluding tert-OH is 1. The zero-order chi connectivity index (χ0) is 14.5. The Morgan fingerprint density at radius 3 is 2.70 bits per heavy atom. The molecule has 1 aliphatic carbocycles. The smallest absolute Gasteiger partial charge is 0.292 e. The van der Waals surface area contributed by atoms with Crippen molar-refractivity contribution >= 4 is 11.4 Å². The Bertz CT molecular complexity index is 531. The average molecular weight is 275 g/mol. The van der Waals surface area contributed by atoms with E-state index in [1.807, 2.05) is 6.07 Å². The number of anilines is 1. The minimum atomic E-state index is -0.450. The standard InChI is InChI=1S/C14H17N3O3/c15-8-11-3-6-14(17(19)20)13(7-11)16-9-10-1-4-12(18)5-2-10/h3,6-7,10,12,16,18H,1-2,4-5,9H2. The lowest BCUT2D eigenvalue weighted by molar-refractivity contribution is -0.384. The van der Waals surface area contributed by atoms with Gasteiger partial charge in [-0.1, -0.05) is 0 Å². The molecule has 0 heterocycles. The Hall–Kier alpha value is -2.13. The van der Waals surface area contributed by atoms with Crippen molar-refractivity contribution in [3.05, 3.63) is 33.9 Å². The van der Waals surface area contributed by atoms with Gasteiger partial charge in [-0.3, -0.25) is 10.1 Å². The predicted octanol–water partition coefficient (Wildman–Crippen LogP) is 2.43. The maximum absolute atomic E-state index is 11.0. The molecule has 2 rings (SSSR count). The third-order valence-corrected chi connectivity index (χ3v) is 3.72. The Labute approximate surface area is 117 Å². The van der Waals surface area contributed by atoms with Crippen LogP contribution in [-0.2, 0) is 0 Å². The summed E-state index contributed by atoms with van der Waals surface area (Å²) in [6.45, 7) is 0.627. The monoisotopic (exact) mass is 275 g/mol. The fourth-order valence-corrected chi connectivity index (χ4v) is 2.51. The van der Waals surface area contributed by atoms with Crippen molar-refractivity contribution in [3.8, 4) is 6.07 Å². The lowest BCUT2D eigenvalue weighted by Gasteiger charge is -2.25. The molecule has 0 bridgehead atoms. The lowest BCUT2D eigenvalue weighted by atomic mass is 9.87. The van der Waals surface area contributed by atoms with Crippen LogP contribution in [0.2, 0.25) is 0 Å². The highest BCUT2D eigenvalue weighted by atomic mass is 16.6. The number of nitrogens with zero attached hydrogens (tertiary/aromatic N) is 2. The highest BCUT2D eigenvalue weighted by Crippen LogP contribution is 2.28. The quantitative estimate of drug-likeness (QED) is 0.649. The molecule has 6 nitrogen and oxygen atoms in total. The predicted molar refractivity (Wildman–Crippen MR) is 74.3 cm³/mol. The summed E-state index contributed by atoms with van der Waals surface area (Å²) in [7, 11) is 0. The number of nitro benzene ring substituents is 1. The van der Waals surface area contributed by atoms with Gasteiger partial charge in [-0.05, 0) is 43.7 Å². The van der Waals surface area contributed by atoms with Crippen LogP contribution in [0.1, 0.15) is 31.2 Å². The maximum atomic E-state index is 11.0. The Kier molecular flexibility index (Phi) is 4.53. The summed E-state index contributed by atoms with van der Waals surface area (Å²) in [5.74, 6) is 0.406. The molecule has 1 aromatic rings. The third kappa shape index (κ3) is 3.45. The van der Waals surface area contributed by atoms with E-state index in [-0.39, 0.29) is 11.8 Å². The number of nitro groups is 1. The summed E-state index contributed by atoms with van der Waals surface area (Å²) >= 11 is 0. The number of nitrogens with one attached hydrogen (secondary N) is 1. The molecule has 1 aromatic carbocycles. The Morgan fingerprint density at radius 1 is 1.40 bits per heavy atom. The van der Waals surface area contributed by atoms with E-state index in [4.69, 9.17) is 5.26 Å². The molecule has 1 fully saturated rings. The van der Waals surface area contributed by atoms with Gasteiger partial charge in [-0.2, -0.15) is 5.26 Å². The van der Waals surface area contributed by atoms with Gasteiger partial charge in [-0.15, -0.1) is 0 Å². The van der Waals surface area contributed by atoms with Crippen LogP contribution in [0.5, 0.6) is 0 Å². The first-order valence-corrected chi connectivity index (χ1v) is 6.70. The molecule has 106 valence electrons. The molecule has 0 aromatic heterocycles. The highest BCUT2D eigenvalue weighted by Gasteiger charge is 2.20. The molecule has 1 aliphatic rings. The summed E-state index contributed by atoms with van der Waals surface area (Å²) in [6.07, 6.45) is 3.20. The van der Waals surface area contributed by atoms with Gasteiger partial charge in [0.25, 0.3) is 5.69 Å². The molecule has 0 atom stereocenters. The molecule has 20 heavy (non-hydrogen) atoms. The topological polar surface area (TPSA) is 99.2 Å². The fraction of sp³-hybridized carbons (Fsp3) is 0.500.